The van der Waals surface area contributed by atoms with Crippen LogP contribution in [0.2, 0.25) is 0 Å². The predicted molar refractivity (Wildman–Crippen MR) is 73.1 cm³/mol. The second-order valence-electron chi connectivity index (χ2n) is 4.14. The van der Waals surface area contributed by atoms with Crippen LogP contribution < -0.4 is 5.32 Å². The van der Waals surface area contributed by atoms with Gasteiger partial charge in [-0.15, -0.1) is 0 Å². The van der Waals surface area contributed by atoms with Crippen LogP contribution in [0.25, 0.3) is 0 Å². The molecule has 1 aromatic carbocycles. The number of benzene rings is 1. The van der Waals surface area contributed by atoms with Crippen molar-refractivity contribution in [3.63, 3.8) is 0 Å². The van der Waals surface area contributed by atoms with Crippen molar-refractivity contribution in [2.45, 2.75) is 25.9 Å². The van der Waals surface area contributed by atoms with E-state index >= 15 is 0 Å². The van der Waals surface area contributed by atoms with Gasteiger partial charge in [0.1, 0.15) is 0 Å². The molecule has 0 aliphatic carbocycles. The van der Waals surface area contributed by atoms with E-state index in [0.717, 1.165) is 17.4 Å². The van der Waals surface area contributed by atoms with Crippen molar-refractivity contribution in [1.29, 1.82) is 0 Å². The Balaban J connectivity index is 2.47. The van der Waals surface area contributed by atoms with Gasteiger partial charge in [0.05, 0.1) is 6.61 Å². The first-order chi connectivity index (χ1) is 8.17. The predicted octanol–water partition coefficient (Wildman–Crippen LogP) is 2.24. The lowest BCUT2D eigenvalue weighted by atomic mass is 10.1. The van der Waals surface area contributed by atoms with Crippen molar-refractivity contribution in [2.75, 3.05) is 20.3 Å². The van der Waals surface area contributed by atoms with Gasteiger partial charge in [0.15, 0.2) is 0 Å². The Morgan fingerprint density at radius 2 is 2.24 bits per heavy atom. The maximum absolute atomic E-state index is 9.21. The van der Waals surface area contributed by atoms with Crippen molar-refractivity contribution < 1.29 is 9.84 Å². The summed E-state index contributed by atoms with van der Waals surface area (Å²) in [5, 5.41) is 12.5. The van der Waals surface area contributed by atoms with Crippen molar-refractivity contribution in [3.05, 3.63) is 33.8 Å². The number of methoxy groups -OCH3 is 1. The average Bonchev–Trinajstić information content (AvgIpc) is 2.31. The highest BCUT2D eigenvalue weighted by atomic mass is 79.9. The molecule has 17 heavy (non-hydrogen) atoms. The van der Waals surface area contributed by atoms with Gasteiger partial charge in [0.25, 0.3) is 0 Å². The number of nitrogens with one attached hydrogen (secondary N) is 1. The fourth-order valence-electron chi connectivity index (χ4n) is 1.57. The van der Waals surface area contributed by atoms with Crippen LogP contribution in [0.1, 0.15) is 17.5 Å². The zero-order valence-electron chi connectivity index (χ0n) is 10.4. The smallest absolute Gasteiger partial charge is 0.0585 e. The van der Waals surface area contributed by atoms with Crippen molar-refractivity contribution in [1.82, 2.24) is 5.32 Å². The van der Waals surface area contributed by atoms with E-state index in [1.807, 2.05) is 0 Å². The fourth-order valence-corrected chi connectivity index (χ4v) is 2.20. The summed E-state index contributed by atoms with van der Waals surface area (Å²) in [5.41, 5.74) is 2.44. The molecule has 4 heteroatoms. The van der Waals surface area contributed by atoms with Crippen molar-refractivity contribution in [3.8, 4) is 0 Å². The summed E-state index contributed by atoms with van der Waals surface area (Å²) in [6, 6.07) is 6.37. The van der Waals surface area contributed by atoms with Gasteiger partial charge in [-0.25, -0.2) is 0 Å². The minimum atomic E-state index is 0.0863. The second-order valence-corrected chi connectivity index (χ2v) is 4.99. The molecule has 1 aromatic rings. The number of hydrogen-bond donors (Lipinski definition) is 2. The summed E-state index contributed by atoms with van der Waals surface area (Å²) in [7, 11) is 1.67. The van der Waals surface area contributed by atoms with Gasteiger partial charge in [-0.05, 0) is 30.5 Å². The highest BCUT2D eigenvalue weighted by Gasteiger charge is 2.07. The van der Waals surface area contributed by atoms with Crippen LogP contribution in [0, 0.1) is 6.92 Å². The first-order valence-electron chi connectivity index (χ1n) is 5.75. The molecule has 0 heterocycles. The Labute approximate surface area is 111 Å². The quantitative estimate of drug-likeness (QED) is 0.812. The Kier molecular flexibility index (Phi) is 6.73. The molecule has 96 valence electrons. The SMILES string of the molecule is COCCC(CO)NCc1ccc(C)cc1Br. The molecule has 0 fully saturated rings. The highest BCUT2D eigenvalue weighted by Crippen LogP contribution is 2.18. The third kappa shape index (κ3) is 5.17. The van der Waals surface area contributed by atoms with Crippen LogP contribution >= 0.6 is 15.9 Å². The minimum Gasteiger partial charge on any atom is -0.395 e. The highest BCUT2D eigenvalue weighted by molar-refractivity contribution is 9.10. The molecule has 0 saturated heterocycles. The van der Waals surface area contributed by atoms with Gasteiger partial charge in [0.2, 0.25) is 0 Å². The molecule has 1 rings (SSSR count). The maximum atomic E-state index is 9.21. The first kappa shape index (κ1) is 14.6. The average molecular weight is 302 g/mol. The fraction of sp³-hybridized carbons (Fsp3) is 0.538. The Morgan fingerprint density at radius 1 is 1.47 bits per heavy atom. The number of rotatable bonds is 7. The standard InChI is InChI=1S/C13H20BrNO2/c1-10-3-4-11(13(14)7-10)8-15-12(9-16)5-6-17-2/h3-4,7,12,15-16H,5-6,8-9H2,1-2H3. The van der Waals surface area contributed by atoms with E-state index in [2.05, 4.69) is 46.4 Å². The number of aliphatic hydroxyl groups is 1. The molecule has 0 aliphatic rings. The van der Waals surface area contributed by atoms with Gasteiger partial charge in [-0.3, -0.25) is 0 Å². The molecule has 0 bridgehead atoms. The van der Waals surface area contributed by atoms with E-state index in [-0.39, 0.29) is 12.6 Å². The third-order valence-corrected chi connectivity index (χ3v) is 3.42. The molecule has 3 nitrogen and oxygen atoms in total. The Bertz CT molecular complexity index is 344. The Hall–Kier alpha value is -0.420. The minimum absolute atomic E-state index is 0.0863. The van der Waals surface area contributed by atoms with Gasteiger partial charge in [0, 0.05) is 30.8 Å². The lowest BCUT2D eigenvalue weighted by Gasteiger charge is -2.16. The van der Waals surface area contributed by atoms with Gasteiger partial charge in [-0.2, -0.15) is 0 Å². The molecule has 1 unspecified atom stereocenters. The zero-order chi connectivity index (χ0) is 12.7. The summed E-state index contributed by atoms with van der Waals surface area (Å²) >= 11 is 3.54. The summed E-state index contributed by atoms with van der Waals surface area (Å²) in [6.07, 6.45) is 0.816. The molecule has 0 radical (unpaired) electrons. The molecular formula is C13H20BrNO2. The van der Waals surface area contributed by atoms with Gasteiger partial charge < -0.3 is 15.2 Å². The topological polar surface area (TPSA) is 41.5 Å². The largest absolute Gasteiger partial charge is 0.395 e. The normalized spacial score (nSPS) is 12.7. The van der Waals surface area contributed by atoms with Crippen LogP contribution in [0.3, 0.4) is 0 Å². The molecule has 2 N–H and O–H groups in total. The molecule has 0 aromatic heterocycles. The van der Waals surface area contributed by atoms with E-state index in [9.17, 15) is 5.11 Å². The van der Waals surface area contributed by atoms with E-state index in [1.54, 1.807) is 7.11 Å². The first-order valence-corrected chi connectivity index (χ1v) is 6.55. The molecule has 0 saturated carbocycles. The lowest BCUT2D eigenvalue weighted by Crippen LogP contribution is -2.33. The zero-order valence-corrected chi connectivity index (χ0v) is 12.0. The van der Waals surface area contributed by atoms with Crippen molar-refractivity contribution in [2.24, 2.45) is 0 Å². The van der Waals surface area contributed by atoms with Gasteiger partial charge >= 0.3 is 0 Å². The third-order valence-electron chi connectivity index (χ3n) is 2.68. The maximum Gasteiger partial charge on any atom is 0.0585 e. The van der Waals surface area contributed by atoms with Crippen LogP contribution in [-0.4, -0.2) is 31.5 Å². The summed E-state index contributed by atoms with van der Waals surface area (Å²) in [6.45, 7) is 3.60. The number of aliphatic hydroxyl groups excluding tert-OH is 1. The van der Waals surface area contributed by atoms with Crippen LogP contribution in [0.15, 0.2) is 22.7 Å². The number of hydrogen-bond acceptors (Lipinski definition) is 3. The van der Waals surface area contributed by atoms with E-state index in [1.165, 1.54) is 11.1 Å². The van der Waals surface area contributed by atoms with E-state index in [4.69, 9.17) is 4.74 Å². The Morgan fingerprint density at radius 3 is 2.82 bits per heavy atom. The number of ether oxygens (including phenoxy) is 1. The van der Waals surface area contributed by atoms with Crippen LogP contribution in [-0.2, 0) is 11.3 Å². The molecule has 0 amide bonds. The number of halogens is 1. The lowest BCUT2D eigenvalue weighted by molar-refractivity contribution is 0.159. The molecule has 0 spiro atoms. The van der Waals surface area contributed by atoms with Crippen LogP contribution in [0.4, 0.5) is 0 Å². The summed E-state index contributed by atoms with van der Waals surface area (Å²) < 4.78 is 6.11. The van der Waals surface area contributed by atoms with E-state index in [0.29, 0.717) is 6.61 Å². The van der Waals surface area contributed by atoms with Crippen molar-refractivity contribution >= 4 is 15.9 Å². The molecule has 1 atom stereocenters. The second kappa shape index (κ2) is 7.82. The monoisotopic (exact) mass is 301 g/mol. The molecule has 0 aliphatic heterocycles. The number of aryl methyl sites for hydroxylation is 1. The van der Waals surface area contributed by atoms with Crippen LogP contribution in [0.5, 0.6) is 0 Å². The summed E-state index contributed by atoms with van der Waals surface area (Å²) in [5.74, 6) is 0. The molecular weight excluding hydrogens is 282 g/mol. The summed E-state index contributed by atoms with van der Waals surface area (Å²) in [4.78, 5) is 0. The van der Waals surface area contributed by atoms with E-state index < -0.39 is 0 Å². The van der Waals surface area contributed by atoms with Gasteiger partial charge in [-0.1, -0.05) is 28.1 Å².